The van der Waals surface area contributed by atoms with Crippen molar-refractivity contribution in [3.8, 4) is 5.75 Å². The maximum Gasteiger partial charge on any atom is 0.311 e. The number of hydrogen-bond donors (Lipinski definition) is 2. The molecule has 0 aliphatic carbocycles. The van der Waals surface area contributed by atoms with E-state index in [1.54, 1.807) is 0 Å². The molecule has 142 valence electrons. The number of phenolic OH excluding ortho intramolecular Hbond substituents is 1. The van der Waals surface area contributed by atoms with Crippen molar-refractivity contribution in [3.63, 3.8) is 0 Å². The molecule has 0 unspecified atom stereocenters. The number of phenols is 1. The standard InChI is InChI=1S/C17H16BrN3O6/c1-17(2,3)9-6-11(15(22)14(7-9)21(26)27)16(23)19-13-5-4-10(20(24)25)8-12(13)18/h4-8,22H,1-3H3,(H,19,23). The van der Waals surface area contributed by atoms with Crippen molar-refractivity contribution in [1.29, 1.82) is 0 Å². The zero-order valence-corrected chi connectivity index (χ0v) is 16.2. The second kappa shape index (κ2) is 7.31. The smallest absolute Gasteiger partial charge is 0.311 e. The van der Waals surface area contributed by atoms with Crippen molar-refractivity contribution < 1.29 is 19.7 Å². The fourth-order valence-corrected chi connectivity index (χ4v) is 2.74. The van der Waals surface area contributed by atoms with Crippen LogP contribution >= 0.6 is 15.9 Å². The van der Waals surface area contributed by atoms with Crippen LogP contribution in [0.1, 0.15) is 36.7 Å². The summed E-state index contributed by atoms with van der Waals surface area (Å²) < 4.78 is 0.256. The molecule has 0 bridgehead atoms. The van der Waals surface area contributed by atoms with Gasteiger partial charge in [0.1, 0.15) is 0 Å². The SMILES string of the molecule is CC(C)(C)c1cc(C(=O)Nc2ccc([N+](=O)[O-])cc2Br)c(O)c([N+](=O)[O-])c1. The van der Waals surface area contributed by atoms with Gasteiger partial charge in [-0.05, 0) is 39.0 Å². The molecule has 1 amide bonds. The van der Waals surface area contributed by atoms with Gasteiger partial charge in [-0.1, -0.05) is 20.8 Å². The Morgan fingerprint density at radius 3 is 2.22 bits per heavy atom. The van der Waals surface area contributed by atoms with E-state index in [0.717, 1.165) is 0 Å². The highest BCUT2D eigenvalue weighted by atomic mass is 79.9. The molecule has 2 aromatic rings. The number of anilines is 1. The molecule has 9 nitrogen and oxygen atoms in total. The largest absolute Gasteiger partial charge is 0.502 e. The van der Waals surface area contributed by atoms with Crippen LogP contribution in [0.25, 0.3) is 0 Å². The lowest BCUT2D eigenvalue weighted by molar-refractivity contribution is -0.386. The number of halogens is 1. The van der Waals surface area contributed by atoms with E-state index in [0.29, 0.717) is 5.56 Å². The van der Waals surface area contributed by atoms with Crippen molar-refractivity contribution in [1.82, 2.24) is 0 Å². The average Bonchev–Trinajstić information content (AvgIpc) is 2.55. The molecule has 0 spiro atoms. The molecule has 0 aliphatic rings. The van der Waals surface area contributed by atoms with E-state index in [9.17, 15) is 30.1 Å². The van der Waals surface area contributed by atoms with E-state index < -0.39 is 32.6 Å². The first kappa shape index (κ1) is 20.3. The minimum Gasteiger partial charge on any atom is -0.502 e. The number of carbonyl (C=O) groups is 1. The number of nitrogens with zero attached hydrogens (tertiary/aromatic N) is 2. The maximum atomic E-state index is 12.6. The Labute approximate surface area is 162 Å². The maximum absolute atomic E-state index is 12.6. The number of hydrogen-bond acceptors (Lipinski definition) is 6. The lowest BCUT2D eigenvalue weighted by Crippen LogP contribution is -2.17. The molecule has 2 N–H and O–H groups in total. The molecular formula is C17H16BrN3O6. The summed E-state index contributed by atoms with van der Waals surface area (Å²) in [4.78, 5) is 33.3. The Kier molecular flexibility index (Phi) is 5.50. The van der Waals surface area contributed by atoms with Crippen LogP contribution in [0.15, 0.2) is 34.8 Å². The Morgan fingerprint density at radius 1 is 1.11 bits per heavy atom. The molecule has 10 heteroatoms. The van der Waals surface area contributed by atoms with Crippen LogP contribution in [0.4, 0.5) is 17.1 Å². The number of aromatic hydroxyl groups is 1. The Hall–Kier alpha value is -3.01. The van der Waals surface area contributed by atoms with Gasteiger partial charge >= 0.3 is 5.69 Å². The molecule has 0 saturated heterocycles. The van der Waals surface area contributed by atoms with Gasteiger partial charge in [0, 0.05) is 22.7 Å². The highest BCUT2D eigenvalue weighted by Crippen LogP contribution is 2.36. The van der Waals surface area contributed by atoms with Crippen LogP contribution in [0.2, 0.25) is 0 Å². The minimum absolute atomic E-state index is 0.173. The van der Waals surface area contributed by atoms with Crippen LogP contribution in [0, 0.1) is 20.2 Å². The third-order valence-electron chi connectivity index (χ3n) is 3.81. The van der Waals surface area contributed by atoms with Crippen molar-refractivity contribution in [3.05, 3.63) is 66.2 Å². The van der Waals surface area contributed by atoms with E-state index >= 15 is 0 Å². The molecule has 0 radical (unpaired) electrons. The van der Waals surface area contributed by atoms with E-state index in [2.05, 4.69) is 21.2 Å². The fourth-order valence-electron chi connectivity index (χ4n) is 2.27. The second-order valence-electron chi connectivity index (χ2n) is 6.77. The lowest BCUT2D eigenvalue weighted by atomic mass is 9.85. The van der Waals surface area contributed by atoms with Crippen LogP contribution in [-0.2, 0) is 5.41 Å². The van der Waals surface area contributed by atoms with E-state index in [4.69, 9.17) is 0 Å². The Morgan fingerprint density at radius 2 is 1.74 bits per heavy atom. The second-order valence-corrected chi connectivity index (χ2v) is 7.63. The minimum atomic E-state index is -0.781. The molecule has 0 heterocycles. The van der Waals surface area contributed by atoms with Crippen LogP contribution in [0.3, 0.4) is 0 Å². The normalized spacial score (nSPS) is 11.1. The molecule has 0 saturated carbocycles. The van der Waals surface area contributed by atoms with E-state index in [1.165, 1.54) is 30.3 Å². The Balaban J connectivity index is 2.48. The van der Waals surface area contributed by atoms with Gasteiger partial charge in [0.2, 0.25) is 5.75 Å². The summed E-state index contributed by atoms with van der Waals surface area (Å²) in [5.41, 5.74) is -0.793. The summed E-state index contributed by atoms with van der Waals surface area (Å²) in [6.45, 7) is 5.45. The first-order valence-corrected chi connectivity index (χ1v) is 8.48. The first-order valence-electron chi connectivity index (χ1n) is 7.69. The Bertz CT molecular complexity index is 952. The molecule has 0 atom stereocenters. The number of amides is 1. The summed E-state index contributed by atoms with van der Waals surface area (Å²) in [5, 5.41) is 34.7. The van der Waals surface area contributed by atoms with Gasteiger partial charge in [0.25, 0.3) is 11.6 Å². The molecule has 27 heavy (non-hydrogen) atoms. The van der Waals surface area contributed by atoms with Gasteiger partial charge in [-0.3, -0.25) is 25.0 Å². The number of rotatable bonds is 4. The van der Waals surface area contributed by atoms with Gasteiger partial charge in [0.15, 0.2) is 0 Å². The van der Waals surface area contributed by atoms with Crippen molar-refractivity contribution >= 4 is 38.9 Å². The quantitative estimate of drug-likeness (QED) is 0.532. The summed E-state index contributed by atoms with van der Waals surface area (Å²) in [7, 11) is 0. The third kappa shape index (κ3) is 4.40. The van der Waals surface area contributed by atoms with Crippen LogP contribution in [0.5, 0.6) is 5.75 Å². The monoisotopic (exact) mass is 437 g/mol. The number of non-ortho nitro benzene ring substituents is 1. The third-order valence-corrected chi connectivity index (χ3v) is 4.46. The predicted molar refractivity (Wildman–Crippen MR) is 102 cm³/mol. The summed E-state index contributed by atoms with van der Waals surface area (Å²) in [5.74, 6) is -1.53. The number of carbonyl (C=O) groups excluding carboxylic acids is 1. The van der Waals surface area contributed by atoms with Crippen molar-refractivity contribution in [2.24, 2.45) is 0 Å². The highest BCUT2D eigenvalue weighted by molar-refractivity contribution is 9.10. The molecule has 0 fully saturated rings. The predicted octanol–water partition coefficient (Wildman–Crippen LogP) is 4.52. The number of nitro groups is 2. The van der Waals surface area contributed by atoms with Crippen molar-refractivity contribution in [2.45, 2.75) is 26.2 Å². The highest BCUT2D eigenvalue weighted by Gasteiger charge is 2.27. The number of nitrogens with one attached hydrogen (secondary N) is 1. The topological polar surface area (TPSA) is 136 Å². The van der Waals surface area contributed by atoms with Gasteiger partial charge in [0.05, 0.1) is 21.1 Å². The molecule has 0 aliphatic heterocycles. The van der Waals surface area contributed by atoms with Crippen LogP contribution in [-0.4, -0.2) is 20.9 Å². The first-order chi connectivity index (χ1) is 12.4. The zero-order chi connectivity index (χ0) is 20.5. The summed E-state index contributed by atoms with van der Waals surface area (Å²) >= 11 is 3.13. The molecule has 2 aromatic carbocycles. The fraction of sp³-hybridized carbons (Fsp3) is 0.235. The molecule has 2 rings (SSSR count). The van der Waals surface area contributed by atoms with E-state index in [1.807, 2.05) is 20.8 Å². The average molecular weight is 438 g/mol. The van der Waals surface area contributed by atoms with Gasteiger partial charge < -0.3 is 10.4 Å². The molecule has 0 aromatic heterocycles. The number of benzene rings is 2. The van der Waals surface area contributed by atoms with Crippen molar-refractivity contribution in [2.75, 3.05) is 5.32 Å². The van der Waals surface area contributed by atoms with Gasteiger partial charge in [-0.2, -0.15) is 0 Å². The summed E-state index contributed by atoms with van der Waals surface area (Å²) in [6.07, 6.45) is 0. The van der Waals surface area contributed by atoms with E-state index in [-0.39, 0.29) is 21.4 Å². The molecular weight excluding hydrogens is 422 g/mol. The number of nitro benzene ring substituents is 2. The summed E-state index contributed by atoms with van der Waals surface area (Å²) in [6, 6.07) is 6.35. The van der Waals surface area contributed by atoms with Crippen LogP contribution < -0.4 is 5.32 Å². The van der Waals surface area contributed by atoms with Gasteiger partial charge in [-0.15, -0.1) is 0 Å². The van der Waals surface area contributed by atoms with Gasteiger partial charge in [-0.25, -0.2) is 0 Å². The lowest BCUT2D eigenvalue weighted by Gasteiger charge is -2.20. The zero-order valence-electron chi connectivity index (χ0n) is 14.6.